The molecule has 42 heavy (non-hydrogen) atoms. The molecule has 3 atom stereocenters. The summed E-state index contributed by atoms with van der Waals surface area (Å²) in [5.74, 6) is -0.930. The van der Waals surface area contributed by atoms with Crippen molar-refractivity contribution in [2.24, 2.45) is 13.0 Å². The van der Waals surface area contributed by atoms with Gasteiger partial charge in [-0.3, -0.25) is 9.78 Å². The summed E-state index contributed by atoms with van der Waals surface area (Å²) < 4.78 is 7.85. The van der Waals surface area contributed by atoms with Gasteiger partial charge in [-0.15, -0.1) is 0 Å². The molecule has 3 aromatic heterocycles. The summed E-state index contributed by atoms with van der Waals surface area (Å²) in [6.45, 7) is 2.24. The second-order valence-corrected chi connectivity index (χ2v) is 12.0. The highest BCUT2D eigenvalue weighted by Gasteiger charge is 2.46. The molecule has 216 valence electrons. The second-order valence-electron chi connectivity index (χ2n) is 11.6. The second kappa shape index (κ2) is 9.79. The minimum absolute atomic E-state index is 0.0994. The van der Waals surface area contributed by atoms with Gasteiger partial charge >= 0.3 is 5.97 Å². The summed E-state index contributed by atoms with van der Waals surface area (Å²) in [6.07, 6.45) is 5.67. The molecule has 5 heterocycles. The fraction of sp³-hybridized carbons (Fsp3) is 0.355. The van der Waals surface area contributed by atoms with Gasteiger partial charge in [0.1, 0.15) is 11.2 Å². The Kier molecular flexibility index (Phi) is 6.27. The van der Waals surface area contributed by atoms with Crippen LogP contribution < -0.4 is 15.6 Å². The maximum absolute atomic E-state index is 13.2. The lowest BCUT2D eigenvalue weighted by Crippen LogP contribution is -2.37. The van der Waals surface area contributed by atoms with E-state index < -0.39 is 11.4 Å². The van der Waals surface area contributed by atoms with E-state index in [0.29, 0.717) is 41.2 Å². The molecule has 0 radical (unpaired) electrons. The average molecular weight is 587 g/mol. The summed E-state index contributed by atoms with van der Waals surface area (Å²) in [5.41, 5.74) is 7.21. The van der Waals surface area contributed by atoms with E-state index in [-0.39, 0.29) is 17.1 Å². The third-order valence-corrected chi connectivity index (χ3v) is 9.26. The smallest absolute Gasteiger partial charge is 0.341 e. The van der Waals surface area contributed by atoms with Crippen LogP contribution in [0.2, 0.25) is 5.02 Å². The number of anilines is 2. The molecule has 0 spiro atoms. The van der Waals surface area contributed by atoms with E-state index in [1.165, 1.54) is 6.20 Å². The first-order valence-corrected chi connectivity index (χ1v) is 14.3. The number of benzene rings is 1. The molecule has 4 aromatic rings. The van der Waals surface area contributed by atoms with E-state index in [0.717, 1.165) is 52.4 Å². The molecule has 2 fully saturated rings. The van der Waals surface area contributed by atoms with Gasteiger partial charge in [0.05, 0.1) is 29.5 Å². The lowest BCUT2D eigenvalue weighted by Gasteiger charge is -2.28. The number of carboxylic acids is 1. The molecule has 2 saturated heterocycles. The lowest BCUT2D eigenvalue weighted by molar-refractivity contribution is 0.0695. The molecular formula is C31H31ClN6O4. The molecule has 1 aromatic carbocycles. The number of nitrogens with one attached hydrogen (secondary N) is 1. The molecular weight excluding hydrogens is 556 g/mol. The van der Waals surface area contributed by atoms with Gasteiger partial charge in [-0.05, 0) is 43.4 Å². The molecule has 3 aliphatic rings. The number of ether oxygens (including phenoxy) is 1. The Hall–Kier alpha value is -3.99. The first kappa shape index (κ1) is 26.9. The molecule has 2 aliphatic heterocycles. The molecule has 2 unspecified atom stereocenters. The topological polar surface area (TPSA) is 113 Å². The van der Waals surface area contributed by atoms with Crippen LogP contribution in [0.15, 0.2) is 41.6 Å². The molecule has 10 nitrogen and oxygen atoms in total. The van der Waals surface area contributed by atoms with Crippen molar-refractivity contribution in [1.29, 1.82) is 0 Å². The standard InChI is InChI=1S/C31H31ClN6O4/c1-33-23-7-16(32)6-18-17(23)8-24-27(18)28(38-12-21-25(36(2)3)14-42-26(21)13-38)20(10-34-24)15-5-19-29(39)22(31(40)41)11-37(4)30(19)35-9-15/h5-7,9-11,21,25-26,33H,8,12-14H2,1-4H3,(H,40,41)/t21?,25?,26-/m1/s1. The van der Waals surface area contributed by atoms with Gasteiger partial charge < -0.3 is 29.5 Å². The Bertz CT molecular complexity index is 1850. The van der Waals surface area contributed by atoms with Crippen molar-refractivity contribution in [3.8, 4) is 22.3 Å². The van der Waals surface area contributed by atoms with Crippen molar-refractivity contribution in [3.63, 3.8) is 0 Å². The van der Waals surface area contributed by atoms with Crippen molar-refractivity contribution < 1.29 is 14.6 Å². The van der Waals surface area contributed by atoms with Crippen LogP contribution in [-0.2, 0) is 18.2 Å². The fourth-order valence-electron chi connectivity index (χ4n) is 7.01. The molecule has 0 saturated carbocycles. The van der Waals surface area contributed by atoms with E-state index in [4.69, 9.17) is 21.3 Å². The van der Waals surface area contributed by atoms with Crippen molar-refractivity contribution >= 4 is 40.0 Å². The Labute approximate surface area is 247 Å². The molecule has 11 heteroatoms. The highest BCUT2D eigenvalue weighted by Crippen LogP contribution is 2.50. The lowest BCUT2D eigenvalue weighted by atomic mass is 9.97. The Morgan fingerprint density at radius 2 is 1.98 bits per heavy atom. The summed E-state index contributed by atoms with van der Waals surface area (Å²) in [4.78, 5) is 39.2. The number of likely N-dealkylation sites (N-methyl/N-ethyl adjacent to an activating group) is 1. The number of hydrogen-bond acceptors (Lipinski definition) is 8. The number of carbonyl (C=O) groups is 1. The van der Waals surface area contributed by atoms with E-state index in [1.54, 1.807) is 23.9 Å². The van der Waals surface area contributed by atoms with Crippen LogP contribution in [0.3, 0.4) is 0 Å². The van der Waals surface area contributed by atoms with Gasteiger partial charge in [-0.2, -0.15) is 0 Å². The molecule has 0 bridgehead atoms. The number of carboxylic acid groups (broad SMARTS) is 1. The average Bonchev–Trinajstić information content (AvgIpc) is 3.66. The summed E-state index contributed by atoms with van der Waals surface area (Å²) >= 11 is 6.62. The maximum atomic E-state index is 13.2. The Balaban J connectivity index is 1.46. The summed E-state index contributed by atoms with van der Waals surface area (Å²) in [7, 11) is 7.77. The van der Waals surface area contributed by atoms with Crippen LogP contribution in [0.5, 0.6) is 0 Å². The summed E-state index contributed by atoms with van der Waals surface area (Å²) in [5, 5.41) is 13.8. The number of aromatic carboxylic acids is 1. The monoisotopic (exact) mass is 586 g/mol. The number of rotatable bonds is 5. The molecule has 0 amide bonds. The van der Waals surface area contributed by atoms with Crippen molar-refractivity contribution in [1.82, 2.24) is 19.4 Å². The van der Waals surface area contributed by atoms with Crippen LogP contribution in [-0.4, -0.2) is 83.5 Å². The van der Waals surface area contributed by atoms with E-state index in [1.807, 2.05) is 25.4 Å². The number of fused-ring (bicyclic) bond motifs is 5. The van der Waals surface area contributed by atoms with Gasteiger partial charge in [0.25, 0.3) is 0 Å². The van der Waals surface area contributed by atoms with Gasteiger partial charge in [0.15, 0.2) is 0 Å². The highest BCUT2D eigenvalue weighted by atomic mass is 35.5. The summed E-state index contributed by atoms with van der Waals surface area (Å²) in [6, 6.07) is 6.00. The van der Waals surface area contributed by atoms with Crippen molar-refractivity contribution in [3.05, 3.63) is 68.9 Å². The Morgan fingerprint density at radius 3 is 2.71 bits per heavy atom. The van der Waals surface area contributed by atoms with Crippen molar-refractivity contribution in [2.45, 2.75) is 18.6 Å². The fourth-order valence-corrected chi connectivity index (χ4v) is 7.22. The highest BCUT2D eigenvalue weighted by molar-refractivity contribution is 6.31. The van der Waals surface area contributed by atoms with Gasteiger partial charge in [0.2, 0.25) is 5.43 Å². The molecule has 2 N–H and O–H groups in total. The Morgan fingerprint density at radius 1 is 1.17 bits per heavy atom. The van der Waals surface area contributed by atoms with Gasteiger partial charge in [-0.25, -0.2) is 9.78 Å². The zero-order chi connectivity index (χ0) is 29.4. The van der Waals surface area contributed by atoms with Crippen molar-refractivity contribution in [2.75, 3.05) is 51.1 Å². The van der Waals surface area contributed by atoms with E-state index >= 15 is 0 Å². The minimum Gasteiger partial charge on any atom is -0.477 e. The zero-order valence-corrected chi connectivity index (χ0v) is 24.6. The normalized spacial score (nSPS) is 20.7. The first-order chi connectivity index (χ1) is 20.2. The first-order valence-electron chi connectivity index (χ1n) is 13.9. The quantitative estimate of drug-likeness (QED) is 0.318. The minimum atomic E-state index is -1.27. The van der Waals surface area contributed by atoms with E-state index in [2.05, 4.69) is 34.2 Å². The van der Waals surface area contributed by atoms with Crippen LogP contribution in [0.1, 0.15) is 21.6 Å². The number of aryl methyl sites for hydroxylation is 1. The number of halogens is 1. The van der Waals surface area contributed by atoms with Crippen LogP contribution in [0, 0.1) is 5.92 Å². The third kappa shape index (κ3) is 4.00. The van der Waals surface area contributed by atoms with E-state index in [9.17, 15) is 14.7 Å². The van der Waals surface area contributed by atoms with Crippen LogP contribution in [0.25, 0.3) is 33.3 Å². The predicted molar refractivity (Wildman–Crippen MR) is 163 cm³/mol. The molecule has 7 rings (SSSR count). The number of nitrogens with zero attached hydrogens (tertiary/aromatic N) is 5. The number of pyridine rings is 3. The van der Waals surface area contributed by atoms with Crippen LogP contribution >= 0.6 is 11.6 Å². The molecule has 1 aliphatic carbocycles. The van der Waals surface area contributed by atoms with Gasteiger partial charge in [-0.1, -0.05) is 11.6 Å². The largest absolute Gasteiger partial charge is 0.477 e. The van der Waals surface area contributed by atoms with Gasteiger partial charge in [0, 0.05) is 91.6 Å². The predicted octanol–water partition coefficient (Wildman–Crippen LogP) is 3.73. The van der Waals surface area contributed by atoms with Crippen LogP contribution in [0.4, 0.5) is 11.4 Å². The number of aromatic nitrogens is 3. The third-order valence-electron chi connectivity index (χ3n) is 9.05. The maximum Gasteiger partial charge on any atom is 0.341 e. The zero-order valence-electron chi connectivity index (χ0n) is 23.8. The SMILES string of the molecule is CNc1cc(Cl)cc2c1Cc1ncc(-c3cnc4c(c3)c(=O)c(C(=O)O)cn4C)c(N3CC4C(N(C)C)CO[C@@H]4C3)c1-2. The number of hydrogen-bond donors (Lipinski definition) is 2.